The lowest BCUT2D eigenvalue weighted by Gasteiger charge is -2.09. The van der Waals surface area contributed by atoms with Crippen LogP contribution in [0.3, 0.4) is 0 Å². The number of anilines is 1. The van der Waals surface area contributed by atoms with Gasteiger partial charge in [0.25, 0.3) is 0 Å². The van der Waals surface area contributed by atoms with Crippen molar-refractivity contribution in [3.05, 3.63) is 59.7 Å². The second kappa shape index (κ2) is 9.54. The summed E-state index contributed by atoms with van der Waals surface area (Å²) in [6.07, 6.45) is -3.72. The summed E-state index contributed by atoms with van der Waals surface area (Å²) in [4.78, 5) is 23.5. The van der Waals surface area contributed by atoms with Crippen LogP contribution in [0, 0.1) is 0 Å². The summed E-state index contributed by atoms with van der Waals surface area (Å²) in [5, 5.41) is 5.98. The molecule has 2 aromatic rings. The number of rotatable bonds is 7. The normalized spacial score (nSPS) is 11.3. The highest BCUT2D eigenvalue weighted by Crippen LogP contribution is 2.30. The lowest BCUT2D eigenvalue weighted by atomic mass is 10.2. The molecule has 0 aliphatic carbocycles. The zero-order chi connectivity index (χ0) is 20.6. The lowest BCUT2D eigenvalue weighted by Crippen LogP contribution is -2.24. The minimum Gasteiger partial charge on any atom is -0.494 e. The molecule has 0 saturated heterocycles. The van der Waals surface area contributed by atoms with Gasteiger partial charge in [-0.1, -0.05) is 6.07 Å². The van der Waals surface area contributed by atoms with Gasteiger partial charge in [0, 0.05) is 5.69 Å². The standard InChI is InChI=1S/C19H18F3N3O3/c1-2-28-16-8-6-13(7-9-16)12-23-25-18(27)11-17(26)24-15-5-3-4-14(10-15)19(20,21)22/h3-10,12H,2,11H2,1H3,(H,24,26)(H,25,27)/b23-12-. The highest BCUT2D eigenvalue weighted by atomic mass is 19.4. The van der Waals surface area contributed by atoms with Gasteiger partial charge in [-0.2, -0.15) is 18.3 Å². The number of nitrogens with one attached hydrogen (secondary N) is 2. The van der Waals surface area contributed by atoms with Crippen molar-refractivity contribution >= 4 is 23.7 Å². The molecule has 0 aliphatic heterocycles. The van der Waals surface area contributed by atoms with Crippen molar-refractivity contribution in [2.24, 2.45) is 5.10 Å². The molecule has 2 amide bonds. The van der Waals surface area contributed by atoms with Crippen LogP contribution in [-0.2, 0) is 15.8 Å². The molecule has 6 nitrogen and oxygen atoms in total. The van der Waals surface area contributed by atoms with Gasteiger partial charge < -0.3 is 10.1 Å². The monoisotopic (exact) mass is 393 g/mol. The van der Waals surface area contributed by atoms with E-state index in [0.29, 0.717) is 17.9 Å². The first-order valence-electron chi connectivity index (χ1n) is 8.30. The molecule has 0 aliphatic rings. The minimum absolute atomic E-state index is 0.0504. The van der Waals surface area contributed by atoms with Gasteiger partial charge in [0.15, 0.2) is 0 Å². The Morgan fingerprint density at radius 3 is 2.46 bits per heavy atom. The van der Waals surface area contributed by atoms with Crippen LogP contribution in [0.1, 0.15) is 24.5 Å². The predicted molar refractivity (Wildman–Crippen MR) is 98.0 cm³/mol. The molecule has 0 bridgehead atoms. The summed E-state index contributed by atoms with van der Waals surface area (Å²) in [7, 11) is 0. The molecule has 0 fully saturated rings. The first-order chi connectivity index (χ1) is 13.3. The first kappa shape index (κ1) is 20.9. The van der Waals surface area contributed by atoms with E-state index < -0.39 is 30.0 Å². The molecule has 0 radical (unpaired) electrons. The van der Waals surface area contributed by atoms with E-state index in [2.05, 4.69) is 15.8 Å². The van der Waals surface area contributed by atoms with Crippen LogP contribution in [0.25, 0.3) is 0 Å². The van der Waals surface area contributed by atoms with Crippen LogP contribution in [0.15, 0.2) is 53.6 Å². The number of hydrazone groups is 1. The van der Waals surface area contributed by atoms with Crippen LogP contribution in [0.2, 0.25) is 0 Å². The van der Waals surface area contributed by atoms with Crippen molar-refractivity contribution in [2.75, 3.05) is 11.9 Å². The summed E-state index contributed by atoms with van der Waals surface area (Å²) in [5.74, 6) is -0.755. The summed E-state index contributed by atoms with van der Waals surface area (Å²) >= 11 is 0. The third kappa shape index (κ3) is 6.75. The highest BCUT2D eigenvalue weighted by Gasteiger charge is 2.30. The number of carbonyl (C=O) groups is 2. The van der Waals surface area contributed by atoms with E-state index in [4.69, 9.17) is 4.74 Å². The second-order valence-corrected chi connectivity index (χ2v) is 5.60. The molecular weight excluding hydrogens is 375 g/mol. The van der Waals surface area contributed by atoms with E-state index >= 15 is 0 Å². The molecule has 0 atom stereocenters. The Kier molecular flexibility index (Phi) is 7.14. The summed E-state index contributed by atoms with van der Waals surface area (Å²) in [6.45, 7) is 2.42. The Morgan fingerprint density at radius 1 is 1.11 bits per heavy atom. The maximum Gasteiger partial charge on any atom is 0.416 e. The molecule has 28 heavy (non-hydrogen) atoms. The largest absolute Gasteiger partial charge is 0.494 e. The zero-order valence-electron chi connectivity index (χ0n) is 14.9. The fraction of sp³-hybridized carbons (Fsp3) is 0.211. The Bertz CT molecular complexity index is 849. The molecule has 0 heterocycles. The molecule has 2 N–H and O–H groups in total. The van der Waals surface area contributed by atoms with E-state index in [1.54, 1.807) is 24.3 Å². The van der Waals surface area contributed by atoms with Crippen LogP contribution in [0.5, 0.6) is 5.75 Å². The van der Waals surface area contributed by atoms with Crippen molar-refractivity contribution in [3.8, 4) is 5.75 Å². The zero-order valence-corrected chi connectivity index (χ0v) is 14.9. The third-order valence-electron chi connectivity index (χ3n) is 3.39. The van der Waals surface area contributed by atoms with E-state index in [1.165, 1.54) is 18.3 Å². The predicted octanol–water partition coefficient (Wildman–Crippen LogP) is 3.58. The Morgan fingerprint density at radius 2 is 1.82 bits per heavy atom. The van der Waals surface area contributed by atoms with Crippen LogP contribution in [-0.4, -0.2) is 24.6 Å². The van der Waals surface area contributed by atoms with E-state index in [0.717, 1.165) is 12.1 Å². The molecule has 2 aromatic carbocycles. The minimum atomic E-state index is -4.52. The number of carbonyl (C=O) groups excluding carboxylic acids is 2. The second-order valence-electron chi connectivity index (χ2n) is 5.60. The van der Waals surface area contributed by atoms with Crippen molar-refractivity contribution in [3.63, 3.8) is 0 Å². The smallest absolute Gasteiger partial charge is 0.416 e. The van der Waals surface area contributed by atoms with E-state index in [9.17, 15) is 22.8 Å². The molecular formula is C19H18F3N3O3. The van der Waals surface area contributed by atoms with Crippen molar-refractivity contribution in [2.45, 2.75) is 19.5 Å². The Hall–Kier alpha value is -3.36. The Labute approximate surface area is 159 Å². The maximum atomic E-state index is 12.7. The van der Waals surface area contributed by atoms with Gasteiger partial charge in [-0.05, 0) is 55.0 Å². The topological polar surface area (TPSA) is 79.8 Å². The van der Waals surface area contributed by atoms with Crippen molar-refractivity contribution in [1.29, 1.82) is 0 Å². The van der Waals surface area contributed by atoms with E-state index in [-0.39, 0.29) is 5.69 Å². The number of nitrogens with zero attached hydrogens (tertiary/aromatic N) is 1. The van der Waals surface area contributed by atoms with Gasteiger partial charge >= 0.3 is 6.18 Å². The van der Waals surface area contributed by atoms with Crippen molar-refractivity contribution in [1.82, 2.24) is 5.43 Å². The molecule has 148 valence electrons. The Balaban J connectivity index is 1.83. The van der Waals surface area contributed by atoms with Crippen LogP contribution < -0.4 is 15.5 Å². The number of halogens is 3. The molecule has 0 saturated carbocycles. The van der Waals surface area contributed by atoms with Crippen LogP contribution >= 0.6 is 0 Å². The third-order valence-corrected chi connectivity index (χ3v) is 3.39. The fourth-order valence-corrected chi connectivity index (χ4v) is 2.16. The van der Waals surface area contributed by atoms with Gasteiger partial charge in [0.05, 0.1) is 18.4 Å². The van der Waals surface area contributed by atoms with Gasteiger partial charge in [-0.3, -0.25) is 9.59 Å². The molecule has 2 rings (SSSR count). The number of alkyl halides is 3. The number of amides is 2. The quantitative estimate of drug-likeness (QED) is 0.429. The van der Waals surface area contributed by atoms with Gasteiger partial charge in [0.2, 0.25) is 11.8 Å². The number of benzene rings is 2. The number of ether oxygens (including phenoxy) is 1. The number of hydrogen-bond donors (Lipinski definition) is 2. The summed E-state index contributed by atoms with van der Waals surface area (Å²) < 4.78 is 43.3. The van der Waals surface area contributed by atoms with Gasteiger partial charge in [0.1, 0.15) is 12.2 Å². The molecule has 0 aromatic heterocycles. The van der Waals surface area contributed by atoms with Crippen LogP contribution in [0.4, 0.5) is 18.9 Å². The highest BCUT2D eigenvalue weighted by molar-refractivity contribution is 6.03. The molecule has 9 heteroatoms. The summed E-state index contributed by atoms with van der Waals surface area (Å²) in [6, 6.07) is 11.1. The van der Waals surface area contributed by atoms with E-state index in [1.807, 2.05) is 6.92 Å². The number of hydrogen-bond acceptors (Lipinski definition) is 4. The average molecular weight is 393 g/mol. The molecule has 0 spiro atoms. The average Bonchev–Trinajstić information content (AvgIpc) is 2.63. The van der Waals surface area contributed by atoms with Gasteiger partial charge in [-0.15, -0.1) is 0 Å². The molecule has 0 unspecified atom stereocenters. The lowest BCUT2D eigenvalue weighted by molar-refractivity contribution is -0.137. The first-order valence-corrected chi connectivity index (χ1v) is 8.30. The summed E-state index contributed by atoms with van der Waals surface area (Å²) in [5.41, 5.74) is 1.94. The fourth-order valence-electron chi connectivity index (χ4n) is 2.16. The van der Waals surface area contributed by atoms with Crippen molar-refractivity contribution < 1.29 is 27.5 Å². The SMILES string of the molecule is CCOc1ccc(/C=N\NC(=O)CC(=O)Nc2cccc(C(F)(F)F)c2)cc1. The van der Waals surface area contributed by atoms with Gasteiger partial charge in [-0.25, -0.2) is 5.43 Å². The maximum absolute atomic E-state index is 12.7.